The number of hydrogen-bond donors (Lipinski definition) is 2. The molecule has 1 aromatic carbocycles. The van der Waals surface area contributed by atoms with Crippen LogP contribution in [0.2, 0.25) is 0 Å². The quantitative estimate of drug-likeness (QED) is 0.677. The molecule has 0 aliphatic carbocycles. The number of hydrogen-bond acceptors (Lipinski definition) is 4. The zero-order chi connectivity index (χ0) is 20.4. The number of aliphatic hydroxyl groups excluding tert-OH is 1. The second-order valence-electron chi connectivity index (χ2n) is 8.13. The van der Waals surface area contributed by atoms with E-state index < -0.39 is 6.10 Å². The van der Waals surface area contributed by atoms with E-state index in [0.717, 1.165) is 25.2 Å². The summed E-state index contributed by atoms with van der Waals surface area (Å²) in [6.07, 6.45) is 4.13. The Kier molecular flexibility index (Phi) is 5.65. The number of carbonyl (C=O) groups excluding carboxylic acids is 1. The van der Waals surface area contributed by atoms with E-state index >= 15 is 0 Å². The van der Waals surface area contributed by atoms with Crippen LogP contribution >= 0.6 is 0 Å². The van der Waals surface area contributed by atoms with Gasteiger partial charge < -0.3 is 14.8 Å². The lowest BCUT2D eigenvalue weighted by molar-refractivity contribution is 0.0838. The predicted molar refractivity (Wildman–Crippen MR) is 113 cm³/mol. The lowest BCUT2D eigenvalue weighted by Gasteiger charge is -2.30. The summed E-state index contributed by atoms with van der Waals surface area (Å²) in [4.78, 5) is 19.1. The maximum atomic E-state index is 12.5. The van der Waals surface area contributed by atoms with Gasteiger partial charge in [0.15, 0.2) is 0 Å². The number of imidazole rings is 1. The Morgan fingerprint density at radius 3 is 2.76 bits per heavy atom. The molecule has 2 N–H and O–H groups in total. The largest absolute Gasteiger partial charge is 0.390 e. The summed E-state index contributed by atoms with van der Waals surface area (Å²) in [5.41, 5.74) is 5.01. The van der Waals surface area contributed by atoms with Gasteiger partial charge in [-0.15, -0.1) is 0 Å². The molecule has 29 heavy (non-hydrogen) atoms. The zero-order valence-electron chi connectivity index (χ0n) is 17.0. The first-order valence-electron chi connectivity index (χ1n) is 10.2. The van der Waals surface area contributed by atoms with Crippen LogP contribution in [0.4, 0.5) is 0 Å². The molecular formula is C23H28N4O2. The maximum absolute atomic E-state index is 12.5. The molecule has 4 rings (SSSR count). The Hall–Kier alpha value is -2.70. The number of amides is 1. The molecule has 6 heteroatoms. The fourth-order valence-corrected chi connectivity index (χ4v) is 3.83. The molecule has 1 amide bonds. The van der Waals surface area contributed by atoms with Crippen LogP contribution < -0.4 is 5.32 Å². The minimum atomic E-state index is -0.617. The topological polar surface area (TPSA) is 69.9 Å². The van der Waals surface area contributed by atoms with Gasteiger partial charge in [0.05, 0.1) is 6.10 Å². The molecule has 3 aromatic rings. The summed E-state index contributed by atoms with van der Waals surface area (Å²) in [7, 11) is 0. The van der Waals surface area contributed by atoms with Crippen molar-refractivity contribution in [1.82, 2.24) is 19.6 Å². The van der Waals surface area contributed by atoms with Gasteiger partial charge in [-0.3, -0.25) is 9.69 Å². The molecule has 3 heterocycles. The molecule has 1 unspecified atom stereocenters. The van der Waals surface area contributed by atoms with Crippen molar-refractivity contribution in [3.05, 3.63) is 71.2 Å². The number of pyridine rings is 1. The first kappa shape index (κ1) is 19.6. The van der Waals surface area contributed by atoms with Crippen LogP contribution in [0.1, 0.15) is 46.9 Å². The van der Waals surface area contributed by atoms with Crippen molar-refractivity contribution in [3.63, 3.8) is 0 Å². The molecular weight excluding hydrogens is 364 g/mol. The Morgan fingerprint density at radius 1 is 1.17 bits per heavy atom. The van der Waals surface area contributed by atoms with Gasteiger partial charge in [-0.25, -0.2) is 4.98 Å². The number of aliphatic hydroxyl groups is 1. The van der Waals surface area contributed by atoms with Crippen LogP contribution in [0.15, 0.2) is 48.8 Å². The van der Waals surface area contributed by atoms with Gasteiger partial charge in [0.1, 0.15) is 11.3 Å². The molecule has 0 saturated carbocycles. The zero-order valence-corrected chi connectivity index (χ0v) is 17.0. The highest BCUT2D eigenvalue weighted by Gasteiger charge is 2.19. The fraction of sp³-hybridized carbons (Fsp3) is 0.391. The maximum Gasteiger partial charge on any atom is 0.271 e. The van der Waals surface area contributed by atoms with E-state index in [2.05, 4.69) is 53.3 Å². The number of benzene rings is 1. The number of nitrogens with one attached hydrogen (secondary N) is 1. The molecule has 152 valence electrons. The number of carbonyl (C=O) groups is 1. The third-order valence-electron chi connectivity index (χ3n) is 5.55. The van der Waals surface area contributed by atoms with Crippen LogP contribution in [0.25, 0.3) is 5.65 Å². The van der Waals surface area contributed by atoms with Gasteiger partial charge in [-0.1, -0.05) is 44.2 Å². The summed E-state index contributed by atoms with van der Waals surface area (Å²) in [6.45, 7) is 6.78. The molecule has 0 bridgehead atoms. The van der Waals surface area contributed by atoms with Gasteiger partial charge in [0.25, 0.3) is 5.91 Å². The number of rotatable bonds is 6. The molecule has 0 radical (unpaired) electrons. The second kappa shape index (κ2) is 8.35. The molecule has 1 aliphatic heterocycles. The van der Waals surface area contributed by atoms with E-state index in [4.69, 9.17) is 0 Å². The van der Waals surface area contributed by atoms with Crippen molar-refractivity contribution in [2.45, 2.75) is 38.8 Å². The third kappa shape index (κ3) is 4.49. The molecule has 0 spiro atoms. The minimum absolute atomic E-state index is 0.210. The smallest absolute Gasteiger partial charge is 0.271 e. The Bertz CT molecular complexity index is 1010. The first-order chi connectivity index (χ1) is 14.0. The SMILES string of the molecule is CC(C)c1ccc2nc(C(=O)NCC(O)CN3CCc4ccccc4C3)cn2c1. The lowest BCUT2D eigenvalue weighted by Crippen LogP contribution is -2.42. The normalized spacial score (nSPS) is 15.4. The van der Waals surface area contributed by atoms with E-state index in [-0.39, 0.29) is 12.5 Å². The molecule has 0 saturated heterocycles. The van der Waals surface area contributed by atoms with Gasteiger partial charge in [-0.05, 0) is 35.1 Å². The summed E-state index contributed by atoms with van der Waals surface area (Å²) in [6, 6.07) is 12.4. The van der Waals surface area contributed by atoms with Crippen LogP contribution in [-0.4, -0.2) is 51.0 Å². The van der Waals surface area contributed by atoms with Crippen molar-refractivity contribution in [2.24, 2.45) is 0 Å². The summed E-state index contributed by atoms with van der Waals surface area (Å²) >= 11 is 0. The molecule has 2 aromatic heterocycles. The Morgan fingerprint density at radius 2 is 1.97 bits per heavy atom. The van der Waals surface area contributed by atoms with Crippen LogP contribution in [0.3, 0.4) is 0 Å². The van der Waals surface area contributed by atoms with E-state index in [1.807, 2.05) is 22.7 Å². The molecule has 6 nitrogen and oxygen atoms in total. The van der Waals surface area contributed by atoms with E-state index in [9.17, 15) is 9.90 Å². The van der Waals surface area contributed by atoms with Crippen molar-refractivity contribution in [1.29, 1.82) is 0 Å². The van der Waals surface area contributed by atoms with Crippen LogP contribution in [0, 0.1) is 0 Å². The summed E-state index contributed by atoms with van der Waals surface area (Å²) in [5, 5.41) is 13.2. The van der Waals surface area contributed by atoms with E-state index in [0.29, 0.717) is 18.2 Å². The lowest BCUT2D eigenvalue weighted by atomic mass is 10.00. The third-order valence-corrected chi connectivity index (χ3v) is 5.55. The van der Waals surface area contributed by atoms with Gasteiger partial charge >= 0.3 is 0 Å². The monoisotopic (exact) mass is 392 g/mol. The minimum Gasteiger partial charge on any atom is -0.390 e. The van der Waals surface area contributed by atoms with Crippen LogP contribution in [-0.2, 0) is 13.0 Å². The summed E-state index contributed by atoms with van der Waals surface area (Å²) < 4.78 is 1.88. The Labute approximate surface area is 171 Å². The van der Waals surface area contributed by atoms with Gasteiger partial charge in [0.2, 0.25) is 0 Å². The van der Waals surface area contributed by atoms with Crippen molar-refractivity contribution < 1.29 is 9.90 Å². The average Bonchev–Trinajstić information content (AvgIpc) is 3.15. The molecule has 1 atom stereocenters. The van der Waals surface area contributed by atoms with Crippen LogP contribution in [0.5, 0.6) is 0 Å². The molecule has 0 fully saturated rings. The standard InChI is InChI=1S/C23H28N4O2/c1-16(2)18-7-8-22-25-21(15-27(22)13-18)23(29)24-11-20(28)14-26-10-9-17-5-3-4-6-19(17)12-26/h3-8,13,15-16,20,28H,9-12,14H2,1-2H3,(H,24,29). The van der Waals surface area contributed by atoms with E-state index in [1.54, 1.807) is 6.20 Å². The number of fused-ring (bicyclic) bond motifs is 2. The first-order valence-corrected chi connectivity index (χ1v) is 10.2. The highest BCUT2D eigenvalue weighted by atomic mass is 16.3. The summed E-state index contributed by atoms with van der Waals surface area (Å²) in [5.74, 6) is 0.152. The van der Waals surface area contributed by atoms with Gasteiger partial charge in [-0.2, -0.15) is 0 Å². The number of nitrogens with zero attached hydrogens (tertiary/aromatic N) is 3. The van der Waals surface area contributed by atoms with E-state index in [1.165, 1.54) is 16.7 Å². The van der Waals surface area contributed by atoms with Crippen molar-refractivity contribution in [3.8, 4) is 0 Å². The highest BCUT2D eigenvalue weighted by Crippen LogP contribution is 2.18. The fourth-order valence-electron chi connectivity index (χ4n) is 3.83. The van der Waals surface area contributed by atoms with Crippen molar-refractivity contribution in [2.75, 3.05) is 19.6 Å². The average molecular weight is 393 g/mol. The Balaban J connectivity index is 1.32. The second-order valence-corrected chi connectivity index (χ2v) is 8.13. The predicted octanol–water partition coefficient (Wildman–Crippen LogP) is 2.61. The van der Waals surface area contributed by atoms with Crippen molar-refractivity contribution >= 4 is 11.6 Å². The number of aromatic nitrogens is 2. The molecule has 1 aliphatic rings. The van der Waals surface area contributed by atoms with Gasteiger partial charge in [0, 0.05) is 38.6 Å². The highest BCUT2D eigenvalue weighted by molar-refractivity contribution is 5.92. The number of β-amino-alcohol motifs (C(OH)–C–C–N with tert-alkyl or cyclic N) is 1.